The summed E-state index contributed by atoms with van der Waals surface area (Å²) >= 11 is 6.13. The molecule has 1 aliphatic heterocycles. The Balaban J connectivity index is 1.56. The highest BCUT2D eigenvalue weighted by atomic mass is 35.5. The highest BCUT2D eigenvalue weighted by Gasteiger charge is 2.36. The summed E-state index contributed by atoms with van der Waals surface area (Å²) < 4.78 is 22.5. The minimum absolute atomic E-state index is 0.00411. The van der Waals surface area contributed by atoms with E-state index in [1.807, 2.05) is 13.0 Å². The van der Waals surface area contributed by atoms with Gasteiger partial charge >= 0.3 is 5.63 Å². The van der Waals surface area contributed by atoms with Gasteiger partial charge in [0.1, 0.15) is 23.5 Å². The molecule has 5 rings (SSSR count). The standard InChI is InChI=1S/C29H25ClN2O8/c1-16-10-28(33)40-25-13-19(5-6-20(16)25)39-15-24-21-14-27(38-3)26(37-2)11-17(21)8-9-31(24)29(34)22-12-18(30)4-7-23(22)32(35)36/h4-7,10-14,24H,8-9,15H2,1-3H3. The molecule has 1 atom stereocenters. The predicted octanol–water partition coefficient (Wildman–Crippen LogP) is 5.50. The second-order valence-electron chi connectivity index (χ2n) is 9.31. The number of amides is 1. The third-order valence-corrected chi connectivity index (χ3v) is 7.22. The lowest BCUT2D eigenvalue weighted by molar-refractivity contribution is -0.385. The molecule has 1 aromatic heterocycles. The van der Waals surface area contributed by atoms with Crippen LogP contribution in [0, 0.1) is 17.0 Å². The molecule has 1 unspecified atom stereocenters. The molecule has 206 valence electrons. The molecule has 11 heteroatoms. The molecule has 0 N–H and O–H groups in total. The molecule has 0 fully saturated rings. The Bertz CT molecular complexity index is 1700. The number of nitrogens with zero attached hydrogens (tertiary/aromatic N) is 2. The van der Waals surface area contributed by atoms with E-state index in [0.717, 1.165) is 22.1 Å². The zero-order chi connectivity index (χ0) is 28.6. The van der Waals surface area contributed by atoms with Crippen LogP contribution < -0.4 is 19.8 Å². The molecule has 0 saturated heterocycles. The quantitative estimate of drug-likeness (QED) is 0.164. The number of halogens is 1. The molecule has 4 aromatic rings. The van der Waals surface area contributed by atoms with Gasteiger partial charge in [0.25, 0.3) is 11.6 Å². The largest absolute Gasteiger partial charge is 0.493 e. The Morgan fingerprint density at radius 3 is 2.58 bits per heavy atom. The summed E-state index contributed by atoms with van der Waals surface area (Å²) in [6.45, 7) is 2.09. The fraction of sp³-hybridized carbons (Fsp3) is 0.241. The van der Waals surface area contributed by atoms with Crippen molar-refractivity contribution in [3.05, 3.63) is 102 Å². The van der Waals surface area contributed by atoms with E-state index in [4.69, 9.17) is 30.2 Å². The molecule has 1 aliphatic rings. The first-order valence-corrected chi connectivity index (χ1v) is 12.7. The fourth-order valence-electron chi connectivity index (χ4n) is 5.01. The monoisotopic (exact) mass is 564 g/mol. The summed E-state index contributed by atoms with van der Waals surface area (Å²) in [6, 6.07) is 13.5. The summed E-state index contributed by atoms with van der Waals surface area (Å²) in [6.07, 6.45) is 0.479. The van der Waals surface area contributed by atoms with Crippen molar-refractivity contribution in [3.63, 3.8) is 0 Å². The van der Waals surface area contributed by atoms with E-state index in [1.165, 1.54) is 36.3 Å². The third-order valence-electron chi connectivity index (χ3n) is 6.98. The van der Waals surface area contributed by atoms with E-state index < -0.39 is 22.5 Å². The minimum atomic E-state index is -0.644. The number of hydrogen-bond acceptors (Lipinski definition) is 8. The van der Waals surface area contributed by atoms with Crippen molar-refractivity contribution in [2.45, 2.75) is 19.4 Å². The van der Waals surface area contributed by atoms with E-state index >= 15 is 0 Å². The summed E-state index contributed by atoms with van der Waals surface area (Å²) in [5, 5.41) is 12.7. The van der Waals surface area contributed by atoms with Crippen LogP contribution in [-0.2, 0) is 6.42 Å². The Morgan fingerprint density at radius 2 is 1.85 bits per heavy atom. The van der Waals surface area contributed by atoms with Gasteiger partial charge in [0.05, 0.1) is 25.2 Å². The summed E-state index contributed by atoms with van der Waals surface area (Å²) in [7, 11) is 3.06. The fourth-order valence-corrected chi connectivity index (χ4v) is 5.19. The molecule has 0 spiro atoms. The number of hydrogen-bond donors (Lipinski definition) is 0. The zero-order valence-corrected chi connectivity index (χ0v) is 22.7. The molecule has 3 aromatic carbocycles. The molecule has 0 radical (unpaired) electrons. The topological polar surface area (TPSA) is 121 Å². The van der Waals surface area contributed by atoms with Crippen LogP contribution in [0.1, 0.15) is 33.1 Å². The first kappa shape index (κ1) is 27.0. The minimum Gasteiger partial charge on any atom is -0.493 e. The van der Waals surface area contributed by atoms with E-state index in [-0.39, 0.29) is 29.4 Å². The molecule has 2 heterocycles. The molecule has 0 bridgehead atoms. The number of aryl methyl sites for hydroxylation is 1. The highest BCUT2D eigenvalue weighted by Crippen LogP contribution is 2.40. The second kappa shape index (κ2) is 10.9. The first-order chi connectivity index (χ1) is 19.2. The Kier molecular flexibility index (Phi) is 7.36. The van der Waals surface area contributed by atoms with Gasteiger partial charge in [0, 0.05) is 35.2 Å². The van der Waals surface area contributed by atoms with E-state index in [0.29, 0.717) is 29.3 Å². The Labute approximate surface area is 233 Å². The van der Waals surface area contributed by atoms with Crippen LogP contribution in [0.4, 0.5) is 5.69 Å². The molecule has 0 aliphatic carbocycles. The maximum Gasteiger partial charge on any atom is 0.336 e. The summed E-state index contributed by atoms with van der Waals surface area (Å²) in [5.74, 6) is 0.890. The number of carbonyl (C=O) groups is 1. The van der Waals surface area contributed by atoms with Gasteiger partial charge in [-0.3, -0.25) is 14.9 Å². The first-order valence-electron chi connectivity index (χ1n) is 12.4. The van der Waals surface area contributed by atoms with Crippen molar-refractivity contribution < 1.29 is 28.3 Å². The number of ether oxygens (including phenoxy) is 3. The number of fused-ring (bicyclic) bond motifs is 2. The van der Waals surface area contributed by atoms with Gasteiger partial charge in [-0.2, -0.15) is 0 Å². The molecular weight excluding hydrogens is 540 g/mol. The van der Waals surface area contributed by atoms with E-state index in [9.17, 15) is 19.7 Å². The SMILES string of the molecule is COc1cc2c(cc1OC)C(COc1ccc3c(C)cc(=O)oc3c1)N(C(=O)c1cc(Cl)ccc1[N+](=O)[O-])CC2. The Morgan fingerprint density at radius 1 is 1.10 bits per heavy atom. The van der Waals surface area contributed by atoms with Crippen molar-refractivity contribution in [3.8, 4) is 17.2 Å². The molecule has 40 heavy (non-hydrogen) atoms. The van der Waals surface area contributed by atoms with E-state index in [2.05, 4.69) is 0 Å². The van der Waals surface area contributed by atoms with Gasteiger partial charge in [-0.05, 0) is 66.4 Å². The maximum atomic E-state index is 13.8. The van der Waals surface area contributed by atoms with Crippen LogP contribution in [0.5, 0.6) is 17.2 Å². The molecule has 10 nitrogen and oxygen atoms in total. The van der Waals surface area contributed by atoms with Gasteiger partial charge in [-0.1, -0.05) is 11.6 Å². The Hall–Kier alpha value is -4.57. The van der Waals surface area contributed by atoms with Crippen molar-refractivity contribution >= 4 is 34.2 Å². The average molecular weight is 565 g/mol. The van der Waals surface area contributed by atoms with Gasteiger partial charge in [0.15, 0.2) is 11.5 Å². The zero-order valence-electron chi connectivity index (χ0n) is 21.9. The lowest BCUT2D eigenvalue weighted by Gasteiger charge is -2.37. The normalized spacial score (nSPS) is 14.5. The summed E-state index contributed by atoms with van der Waals surface area (Å²) in [4.78, 5) is 38.4. The van der Waals surface area contributed by atoms with Crippen LogP contribution in [0.15, 0.2) is 63.8 Å². The van der Waals surface area contributed by atoms with Crippen molar-refractivity contribution in [2.24, 2.45) is 0 Å². The second-order valence-corrected chi connectivity index (χ2v) is 9.74. The number of nitro benzene ring substituents is 1. The number of carbonyl (C=O) groups excluding carboxylic acids is 1. The van der Waals surface area contributed by atoms with E-state index in [1.54, 1.807) is 31.4 Å². The van der Waals surface area contributed by atoms with Crippen LogP contribution in [0.2, 0.25) is 5.02 Å². The average Bonchev–Trinajstić information content (AvgIpc) is 2.94. The molecule has 1 amide bonds. The smallest absolute Gasteiger partial charge is 0.336 e. The summed E-state index contributed by atoms with van der Waals surface area (Å²) in [5.41, 5.74) is 1.91. The lowest BCUT2D eigenvalue weighted by Crippen LogP contribution is -2.42. The van der Waals surface area contributed by atoms with Crippen molar-refractivity contribution in [1.29, 1.82) is 0 Å². The number of nitro groups is 1. The van der Waals surface area contributed by atoms with Crippen molar-refractivity contribution in [2.75, 3.05) is 27.4 Å². The maximum absolute atomic E-state index is 13.8. The predicted molar refractivity (Wildman–Crippen MR) is 148 cm³/mol. The highest BCUT2D eigenvalue weighted by molar-refractivity contribution is 6.31. The van der Waals surface area contributed by atoms with Crippen LogP contribution in [-0.4, -0.2) is 43.1 Å². The van der Waals surface area contributed by atoms with Crippen LogP contribution in [0.3, 0.4) is 0 Å². The van der Waals surface area contributed by atoms with Crippen molar-refractivity contribution in [1.82, 2.24) is 4.90 Å². The van der Waals surface area contributed by atoms with Crippen LogP contribution >= 0.6 is 11.6 Å². The third kappa shape index (κ3) is 5.05. The van der Waals surface area contributed by atoms with Gasteiger partial charge < -0.3 is 23.5 Å². The van der Waals surface area contributed by atoms with Crippen LogP contribution in [0.25, 0.3) is 11.0 Å². The van der Waals surface area contributed by atoms with Gasteiger partial charge in [0.2, 0.25) is 0 Å². The van der Waals surface area contributed by atoms with Gasteiger partial charge in [-0.25, -0.2) is 4.79 Å². The lowest BCUT2D eigenvalue weighted by atomic mass is 9.91. The number of benzene rings is 3. The van der Waals surface area contributed by atoms with Gasteiger partial charge in [-0.15, -0.1) is 0 Å². The number of rotatable bonds is 7. The molecule has 0 saturated carbocycles. The molecular formula is C29H25ClN2O8. The number of methoxy groups -OCH3 is 2.